The van der Waals surface area contributed by atoms with E-state index in [1.807, 2.05) is 20.8 Å². The lowest BCUT2D eigenvalue weighted by Crippen LogP contribution is -2.29. The Bertz CT molecular complexity index is 1330. The molecule has 0 radical (unpaired) electrons. The van der Waals surface area contributed by atoms with Crippen molar-refractivity contribution in [2.45, 2.75) is 26.8 Å². The first-order valence-corrected chi connectivity index (χ1v) is 11.7. The molecule has 3 aromatic rings. The van der Waals surface area contributed by atoms with Crippen LogP contribution in [0, 0.1) is 18.7 Å². The normalized spacial score (nSPS) is 17.1. The van der Waals surface area contributed by atoms with E-state index in [4.69, 9.17) is 9.47 Å². The second kappa shape index (κ2) is 10.2. The molecule has 7 heteroatoms. The smallest absolute Gasteiger partial charge is 0.300 e. The molecule has 1 aliphatic heterocycles. The van der Waals surface area contributed by atoms with Crippen LogP contribution < -0.4 is 14.4 Å². The van der Waals surface area contributed by atoms with Gasteiger partial charge in [-0.05, 0) is 72.5 Å². The topological polar surface area (TPSA) is 76.1 Å². The number of anilines is 1. The lowest BCUT2D eigenvalue weighted by atomic mass is 9.94. The molecule has 36 heavy (non-hydrogen) atoms. The number of amides is 1. The fourth-order valence-electron chi connectivity index (χ4n) is 4.20. The van der Waals surface area contributed by atoms with E-state index in [1.165, 1.54) is 30.2 Å². The molecule has 1 unspecified atom stereocenters. The zero-order chi connectivity index (χ0) is 26.0. The monoisotopic (exact) mass is 489 g/mol. The summed E-state index contributed by atoms with van der Waals surface area (Å²) in [4.78, 5) is 27.7. The van der Waals surface area contributed by atoms with Gasteiger partial charge >= 0.3 is 0 Å². The van der Waals surface area contributed by atoms with Crippen molar-refractivity contribution >= 4 is 23.1 Å². The summed E-state index contributed by atoms with van der Waals surface area (Å²) >= 11 is 0. The average molecular weight is 490 g/mol. The number of carbonyl (C=O) groups excluding carboxylic acids is 2. The maximum atomic E-state index is 14.1. The van der Waals surface area contributed by atoms with E-state index >= 15 is 0 Å². The van der Waals surface area contributed by atoms with Crippen LogP contribution in [0.2, 0.25) is 0 Å². The molecule has 1 N–H and O–H groups in total. The number of hydrogen-bond donors (Lipinski definition) is 1. The van der Waals surface area contributed by atoms with Crippen molar-refractivity contribution in [2.75, 3.05) is 18.6 Å². The van der Waals surface area contributed by atoms with Gasteiger partial charge in [0.1, 0.15) is 23.1 Å². The summed E-state index contributed by atoms with van der Waals surface area (Å²) in [5, 5.41) is 11.3. The lowest BCUT2D eigenvalue weighted by Gasteiger charge is -2.25. The third-order valence-electron chi connectivity index (χ3n) is 5.98. The van der Waals surface area contributed by atoms with Gasteiger partial charge in [-0.2, -0.15) is 0 Å². The van der Waals surface area contributed by atoms with Crippen molar-refractivity contribution < 1.29 is 28.6 Å². The first kappa shape index (κ1) is 25.0. The van der Waals surface area contributed by atoms with Crippen LogP contribution in [0.3, 0.4) is 0 Å². The van der Waals surface area contributed by atoms with Crippen LogP contribution in [-0.2, 0) is 9.59 Å². The minimum absolute atomic E-state index is 0.0790. The standard InChI is InChI=1S/C29H28FNO5/c1-17(2)16-36-24-13-10-20(14-18(24)3)27(32)25-26(19-8-11-23(35-4)12-9-19)31(29(34)28(25)33)22-7-5-6-21(30)15-22/h5-15,17,26,32H,16H2,1-4H3/b27-25+. The Morgan fingerprint density at radius 3 is 2.39 bits per heavy atom. The molecule has 186 valence electrons. The van der Waals surface area contributed by atoms with E-state index < -0.39 is 23.5 Å². The molecule has 0 saturated carbocycles. The summed E-state index contributed by atoms with van der Waals surface area (Å²) in [6.07, 6.45) is 0. The highest BCUT2D eigenvalue weighted by Crippen LogP contribution is 2.42. The number of benzene rings is 3. The second-order valence-corrected chi connectivity index (χ2v) is 9.11. The van der Waals surface area contributed by atoms with Gasteiger partial charge in [0.25, 0.3) is 11.7 Å². The SMILES string of the molecule is COc1ccc(C2/C(=C(\O)c3ccc(OCC(C)C)c(C)c3)C(=O)C(=O)N2c2cccc(F)c2)cc1. The van der Waals surface area contributed by atoms with Gasteiger partial charge in [-0.3, -0.25) is 14.5 Å². The van der Waals surface area contributed by atoms with E-state index in [1.54, 1.807) is 48.5 Å². The number of aryl methyl sites for hydroxylation is 1. The minimum atomic E-state index is -0.963. The van der Waals surface area contributed by atoms with Crippen LogP contribution in [0.5, 0.6) is 11.5 Å². The molecule has 3 aromatic carbocycles. The quantitative estimate of drug-likeness (QED) is 0.258. The van der Waals surface area contributed by atoms with E-state index in [2.05, 4.69) is 0 Å². The molecule has 4 rings (SSSR count). The number of halogens is 1. The summed E-state index contributed by atoms with van der Waals surface area (Å²) in [5.41, 5.74) is 1.85. The van der Waals surface area contributed by atoms with Gasteiger partial charge in [-0.15, -0.1) is 0 Å². The largest absolute Gasteiger partial charge is 0.507 e. The van der Waals surface area contributed by atoms with Crippen molar-refractivity contribution in [1.29, 1.82) is 0 Å². The van der Waals surface area contributed by atoms with Crippen LogP contribution in [-0.4, -0.2) is 30.5 Å². The molecule has 0 aliphatic carbocycles. The maximum Gasteiger partial charge on any atom is 0.300 e. The zero-order valence-electron chi connectivity index (χ0n) is 20.6. The summed E-state index contributed by atoms with van der Waals surface area (Å²) in [6.45, 7) is 6.49. The van der Waals surface area contributed by atoms with Gasteiger partial charge in [0.05, 0.1) is 25.3 Å². The van der Waals surface area contributed by atoms with Gasteiger partial charge in [0.15, 0.2) is 0 Å². The fraction of sp³-hybridized carbons (Fsp3) is 0.241. The molecule has 0 spiro atoms. The highest BCUT2D eigenvalue weighted by Gasteiger charge is 2.47. The Morgan fingerprint density at radius 1 is 1.06 bits per heavy atom. The third-order valence-corrected chi connectivity index (χ3v) is 5.98. The number of carbonyl (C=O) groups is 2. The number of ketones is 1. The number of rotatable bonds is 7. The van der Waals surface area contributed by atoms with Crippen LogP contribution in [0.25, 0.3) is 5.76 Å². The third kappa shape index (κ3) is 4.82. The predicted octanol–water partition coefficient (Wildman–Crippen LogP) is 5.80. The molecule has 6 nitrogen and oxygen atoms in total. The molecule has 1 saturated heterocycles. The molecule has 1 aliphatic rings. The van der Waals surface area contributed by atoms with Crippen molar-refractivity contribution in [3.63, 3.8) is 0 Å². The molecule has 0 bridgehead atoms. The zero-order valence-corrected chi connectivity index (χ0v) is 20.6. The van der Waals surface area contributed by atoms with Crippen LogP contribution in [0.15, 0.2) is 72.3 Å². The van der Waals surface area contributed by atoms with Gasteiger partial charge < -0.3 is 14.6 Å². The number of methoxy groups -OCH3 is 1. The predicted molar refractivity (Wildman–Crippen MR) is 136 cm³/mol. The summed E-state index contributed by atoms with van der Waals surface area (Å²) in [6, 6.07) is 16.4. The molecular weight excluding hydrogens is 461 g/mol. The first-order valence-electron chi connectivity index (χ1n) is 11.7. The van der Waals surface area contributed by atoms with Crippen molar-refractivity contribution in [3.8, 4) is 11.5 Å². The van der Waals surface area contributed by atoms with Crippen LogP contribution >= 0.6 is 0 Å². The molecular formula is C29H28FNO5. The Kier molecular flexibility index (Phi) is 7.10. The Labute approximate surface area is 209 Å². The van der Waals surface area contributed by atoms with Crippen LogP contribution in [0.1, 0.15) is 36.6 Å². The Balaban J connectivity index is 1.85. The number of nitrogens with zero attached hydrogens (tertiary/aromatic N) is 1. The van der Waals surface area contributed by atoms with Gasteiger partial charge in [-0.1, -0.05) is 32.0 Å². The minimum Gasteiger partial charge on any atom is -0.507 e. The number of ether oxygens (including phenoxy) is 2. The maximum absolute atomic E-state index is 14.1. The van der Waals surface area contributed by atoms with Gasteiger partial charge in [0, 0.05) is 11.3 Å². The van der Waals surface area contributed by atoms with Crippen LogP contribution in [0.4, 0.5) is 10.1 Å². The van der Waals surface area contributed by atoms with E-state index in [0.29, 0.717) is 35.2 Å². The highest BCUT2D eigenvalue weighted by atomic mass is 19.1. The Hall–Kier alpha value is -4.13. The highest BCUT2D eigenvalue weighted by molar-refractivity contribution is 6.51. The van der Waals surface area contributed by atoms with E-state index in [-0.39, 0.29) is 17.0 Å². The summed E-state index contributed by atoms with van der Waals surface area (Å²) < 4.78 is 25.1. The van der Waals surface area contributed by atoms with Crippen molar-refractivity contribution in [3.05, 3.63) is 94.8 Å². The van der Waals surface area contributed by atoms with E-state index in [9.17, 15) is 19.1 Å². The van der Waals surface area contributed by atoms with Crippen molar-refractivity contribution in [1.82, 2.24) is 0 Å². The molecule has 1 fully saturated rings. The molecule has 1 atom stereocenters. The second-order valence-electron chi connectivity index (χ2n) is 9.11. The van der Waals surface area contributed by atoms with E-state index in [0.717, 1.165) is 5.56 Å². The number of aliphatic hydroxyl groups excluding tert-OH is 1. The Morgan fingerprint density at radius 2 is 1.78 bits per heavy atom. The summed E-state index contributed by atoms with van der Waals surface area (Å²) in [7, 11) is 1.53. The average Bonchev–Trinajstić information content (AvgIpc) is 3.13. The molecule has 1 heterocycles. The number of hydrogen-bond acceptors (Lipinski definition) is 5. The molecule has 0 aromatic heterocycles. The number of aliphatic hydroxyl groups is 1. The van der Waals surface area contributed by atoms with Crippen molar-refractivity contribution in [2.24, 2.45) is 5.92 Å². The van der Waals surface area contributed by atoms with Gasteiger partial charge in [-0.25, -0.2) is 4.39 Å². The summed E-state index contributed by atoms with van der Waals surface area (Å²) in [5.74, 6) is -0.948. The number of Topliss-reactive ketones (excluding diaryl/α,β-unsaturated/α-hetero) is 1. The van der Waals surface area contributed by atoms with Gasteiger partial charge in [0.2, 0.25) is 0 Å². The molecule has 1 amide bonds. The fourth-order valence-corrected chi connectivity index (χ4v) is 4.20. The lowest BCUT2D eigenvalue weighted by molar-refractivity contribution is -0.132. The first-order chi connectivity index (χ1) is 17.2.